The molecule has 1 N–H and O–H groups in total. The van der Waals surface area contributed by atoms with Crippen molar-refractivity contribution in [3.05, 3.63) is 77.6 Å². The van der Waals surface area contributed by atoms with Crippen LogP contribution in [0.2, 0.25) is 0 Å². The van der Waals surface area contributed by atoms with Crippen LogP contribution >= 0.6 is 11.8 Å². The quantitative estimate of drug-likeness (QED) is 0.366. The maximum atomic E-state index is 12.4. The highest BCUT2D eigenvalue weighted by Crippen LogP contribution is 2.26. The van der Waals surface area contributed by atoms with Gasteiger partial charge in [0.25, 0.3) is 0 Å². The van der Waals surface area contributed by atoms with Gasteiger partial charge in [0.2, 0.25) is 5.91 Å². The monoisotopic (exact) mass is 436 g/mol. The van der Waals surface area contributed by atoms with Gasteiger partial charge in [-0.3, -0.25) is 9.36 Å². The largest absolute Gasteiger partial charge is 0.483 e. The van der Waals surface area contributed by atoms with Crippen molar-refractivity contribution in [3.63, 3.8) is 0 Å². The van der Waals surface area contributed by atoms with E-state index < -0.39 is 0 Å². The number of nitrogens with one attached hydrogen (secondary N) is 1. The van der Waals surface area contributed by atoms with Gasteiger partial charge in [0.1, 0.15) is 5.75 Å². The minimum atomic E-state index is -0.302. The SMILES string of the molecule is C=CCn1c(SCC(=O)Nc2cccc(C)c2)nnc1C(C)Oc1cc(C)cc(C)c1. The van der Waals surface area contributed by atoms with E-state index in [-0.39, 0.29) is 17.8 Å². The molecular weight excluding hydrogens is 408 g/mol. The maximum absolute atomic E-state index is 12.4. The zero-order valence-electron chi connectivity index (χ0n) is 18.4. The molecule has 1 atom stereocenters. The van der Waals surface area contributed by atoms with Crippen LogP contribution in [0.25, 0.3) is 0 Å². The summed E-state index contributed by atoms with van der Waals surface area (Å²) in [5.74, 6) is 1.63. The average Bonchev–Trinajstić information content (AvgIpc) is 3.08. The first-order valence-electron chi connectivity index (χ1n) is 10.1. The predicted octanol–water partition coefficient (Wildman–Crippen LogP) is 5.26. The van der Waals surface area contributed by atoms with Gasteiger partial charge in [0.15, 0.2) is 17.1 Å². The fraction of sp³-hybridized carbons (Fsp3) is 0.292. The third-order valence-electron chi connectivity index (χ3n) is 4.56. The smallest absolute Gasteiger partial charge is 0.234 e. The lowest BCUT2D eigenvalue weighted by molar-refractivity contribution is -0.113. The molecule has 3 aromatic rings. The molecule has 3 rings (SSSR count). The number of rotatable bonds is 9. The molecule has 0 aliphatic rings. The Morgan fingerprint density at radius 3 is 2.58 bits per heavy atom. The van der Waals surface area contributed by atoms with Crippen molar-refractivity contribution >= 4 is 23.4 Å². The van der Waals surface area contributed by atoms with Crippen LogP contribution in [-0.4, -0.2) is 26.4 Å². The van der Waals surface area contributed by atoms with Crippen molar-refractivity contribution in [1.29, 1.82) is 0 Å². The van der Waals surface area contributed by atoms with Crippen molar-refractivity contribution in [2.24, 2.45) is 0 Å². The molecular formula is C24H28N4O2S. The summed E-state index contributed by atoms with van der Waals surface area (Å²) >= 11 is 1.34. The number of benzene rings is 2. The molecule has 0 spiro atoms. The van der Waals surface area contributed by atoms with Crippen molar-refractivity contribution in [2.75, 3.05) is 11.1 Å². The second kappa shape index (κ2) is 10.3. The molecule has 0 fully saturated rings. The van der Waals surface area contributed by atoms with E-state index in [1.165, 1.54) is 11.8 Å². The Labute approximate surface area is 187 Å². The fourth-order valence-electron chi connectivity index (χ4n) is 3.32. The molecule has 0 saturated heterocycles. The molecule has 0 aliphatic carbocycles. The van der Waals surface area contributed by atoms with Crippen LogP contribution in [0.15, 0.2) is 60.3 Å². The Kier molecular flexibility index (Phi) is 7.52. The number of carbonyl (C=O) groups is 1. The number of carbonyl (C=O) groups excluding carboxylic acids is 1. The molecule has 0 bridgehead atoms. The van der Waals surface area contributed by atoms with E-state index in [4.69, 9.17) is 4.74 Å². The van der Waals surface area contributed by atoms with Crippen LogP contribution in [-0.2, 0) is 11.3 Å². The molecule has 0 aliphatic heterocycles. The highest BCUT2D eigenvalue weighted by Gasteiger charge is 2.20. The van der Waals surface area contributed by atoms with E-state index in [2.05, 4.69) is 28.2 Å². The van der Waals surface area contributed by atoms with E-state index in [0.29, 0.717) is 17.5 Å². The average molecular weight is 437 g/mol. The number of anilines is 1. The van der Waals surface area contributed by atoms with Crippen molar-refractivity contribution < 1.29 is 9.53 Å². The first kappa shape index (κ1) is 22.6. The van der Waals surface area contributed by atoms with Gasteiger partial charge in [-0.25, -0.2) is 0 Å². The van der Waals surface area contributed by atoms with Crippen LogP contribution in [0.3, 0.4) is 0 Å². The molecule has 2 aromatic carbocycles. The Morgan fingerprint density at radius 2 is 1.90 bits per heavy atom. The first-order valence-corrected chi connectivity index (χ1v) is 11.1. The minimum absolute atomic E-state index is 0.0927. The van der Waals surface area contributed by atoms with Crippen LogP contribution in [0.1, 0.15) is 35.5 Å². The fourth-order valence-corrected chi connectivity index (χ4v) is 4.07. The second-order valence-electron chi connectivity index (χ2n) is 7.53. The predicted molar refractivity (Wildman–Crippen MR) is 126 cm³/mol. The Balaban J connectivity index is 1.69. The van der Waals surface area contributed by atoms with Gasteiger partial charge < -0.3 is 10.1 Å². The standard InChI is InChI=1S/C24H28N4O2S/c1-6-10-28-23(19(5)30-21-13-17(3)11-18(4)14-21)26-27-24(28)31-15-22(29)25-20-9-7-8-16(2)12-20/h6-9,11-14,19H,1,10,15H2,2-5H3,(H,25,29). The number of hydrogen-bond donors (Lipinski definition) is 1. The summed E-state index contributed by atoms with van der Waals surface area (Å²) in [7, 11) is 0. The lowest BCUT2D eigenvalue weighted by Gasteiger charge is -2.16. The first-order chi connectivity index (χ1) is 14.9. The van der Waals surface area contributed by atoms with Gasteiger partial charge in [-0.2, -0.15) is 0 Å². The van der Waals surface area contributed by atoms with Crippen molar-refractivity contribution in [3.8, 4) is 5.75 Å². The van der Waals surface area contributed by atoms with E-state index in [1.54, 1.807) is 6.08 Å². The van der Waals surface area contributed by atoms with Gasteiger partial charge in [-0.05, 0) is 68.7 Å². The number of thioether (sulfide) groups is 1. The summed E-state index contributed by atoms with van der Waals surface area (Å²) in [6.07, 6.45) is 1.48. The molecule has 0 radical (unpaired) electrons. The zero-order chi connectivity index (χ0) is 22.4. The normalized spacial score (nSPS) is 11.7. The van der Waals surface area contributed by atoms with Crippen LogP contribution < -0.4 is 10.1 Å². The minimum Gasteiger partial charge on any atom is -0.483 e. The molecule has 6 nitrogen and oxygen atoms in total. The zero-order valence-corrected chi connectivity index (χ0v) is 19.2. The van der Waals surface area contributed by atoms with Crippen LogP contribution in [0, 0.1) is 20.8 Å². The highest BCUT2D eigenvalue weighted by molar-refractivity contribution is 7.99. The highest BCUT2D eigenvalue weighted by atomic mass is 32.2. The topological polar surface area (TPSA) is 69.0 Å². The molecule has 0 saturated carbocycles. The van der Waals surface area contributed by atoms with Gasteiger partial charge in [-0.15, -0.1) is 16.8 Å². The molecule has 162 valence electrons. The molecule has 1 aromatic heterocycles. The van der Waals surface area contributed by atoms with E-state index in [1.807, 2.05) is 68.7 Å². The van der Waals surface area contributed by atoms with Crippen molar-refractivity contribution in [1.82, 2.24) is 14.8 Å². The number of aryl methyl sites for hydroxylation is 3. The summed E-state index contributed by atoms with van der Waals surface area (Å²) in [6, 6.07) is 13.8. The van der Waals surface area contributed by atoms with E-state index >= 15 is 0 Å². The summed E-state index contributed by atoms with van der Waals surface area (Å²) in [5.41, 5.74) is 4.17. The molecule has 1 amide bonds. The van der Waals surface area contributed by atoms with Gasteiger partial charge in [0.05, 0.1) is 5.75 Å². The Hall–Kier alpha value is -3.06. The summed E-state index contributed by atoms with van der Waals surface area (Å²) in [4.78, 5) is 12.4. The maximum Gasteiger partial charge on any atom is 0.234 e. The Bertz CT molecular complexity index is 1060. The number of amides is 1. The van der Waals surface area contributed by atoms with Gasteiger partial charge >= 0.3 is 0 Å². The number of nitrogens with zero attached hydrogens (tertiary/aromatic N) is 3. The third-order valence-corrected chi connectivity index (χ3v) is 5.53. The summed E-state index contributed by atoms with van der Waals surface area (Å²) in [5, 5.41) is 12.2. The lowest BCUT2D eigenvalue weighted by Crippen LogP contribution is -2.15. The summed E-state index contributed by atoms with van der Waals surface area (Å²) in [6.45, 7) is 12.4. The molecule has 1 unspecified atom stereocenters. The number of aromatic nitrogens is 3. The number of hydrogen-bond acceptors (Lipinski definition) is 5. The van der Waals surface area contributed by atoms with Gasteiger partial charge in [-0.1, -0.05) is 36.0 Å². The van der Waals surface area contributed by atoms with Gasteiger partial charge in [0, 0.05) is 12.2 Å². The summed E-state index contributed by atoms with van der Waals surface area (Å²) < 4.78 is 8.07. The molecule has 1 heterocycles. The number of ether oxygens (including phenoxy) is 1. The third kappa shape index (κ3) is 6.21. The van der Waals surface area contributed by atoms with Crippen LogP contribution in [0.5, 0.6) is 5.75 Å². The van der Waals surface area contributed by atoms with E-state index in [0.717, 1.165) is 28.1 Å². The Morgan fingerprint density at radius 1 is 1.16 bits per heavy atom. The molecule has 7 heteroatoms. The van der Waals surface area contributed by atoms with Crippen LogP contribution in [0.4, 0.5) is 5.69 Å². The number of allylic oxidation sites excluding steroid dienone is 1. The lowest BCUT2D eigenvalue weighted by atomic mass is 10.1. The second-order valence-corrected chi connectivity index (χ2v) is 8.47. The van der Waals surface area contributed by atoms with Crippen molar-refractivity contribution in [2.45, 2.75) is 45.5 Å². The van der Waals surface area contributed by atoms with E-state index in [9.17, 15) is 4.79 Å². The molecule has 31 heavy (non-hydrogen) atoms.